The second kappa shape index (κ2) is 6.06. The molecular formula is C13H9BrClNO3. The summed E-state index contributed by atoms with van der Waals surface area (Å²) < 4.78 is 6.38. The van der Waals surface area contributed by atoms with Crippen molar-refractivity contribution in [3.8, 4) is 11.3 Å². The Morgan fingerprint density at radius 2 is 2.16 bits per heavy atom. The van der Waals surface area contributed by atoms with Gasteiger partial charge in [0.15, 0.2) is 0 Å². The molecule has 2 aromatic rings. The Morgan fingerprint density at radius 1 is 1.37 bits per heavy atom. The fourth-order valence-electron chi connectivity index (χ4n) is 1.47. The van der Waals surface area contributed by atoms with E-state index in [4.69, 9.17) is 21.2 Å². The van der Waals surface area contributed by atoms with E-state index >= 15 is 0 Å². The molecule has 98 valence electrons. The summed E-state index contributed by atoms with van der Waals surface area (Å²) in [5, 5.41) is 8.99. The zero-order valence-corrected chi connectivity index (χ0v) is 11.9. The molecule has 4 nitrogen and oxygen atoms in total. The van der Waals surface area contributed by atoms with Gasteiger partial charge >= 0.3 is 0 Å². The van der Waals surface area contributed by atoms with Crippen LogP contribution in [0.2, 0.25) is 5.02 Å². The Hall–Kier alpha value is -1.56. The second-order valence-electron chi connectivity index (χ2n) is 3.64. The Morgan fingerprint density at radius 3 is 2.84 bits per heavy atom. The minimum absolute atomic E-state index is 0.500. The maximum atomic E-state index is 10.8. The van der Waals surface area contributed by atoms with E-state index in [0.717, 1.165) is 10.0 Å². The van der Waals surface area contributed by atoms with Crippen LogP contribution in [0.15, 0.2) is 45.3 Å². The number of hydrogen-bond acceptors (Lipinski definition) is 3. The van der Waals surface area contributed by atoms with E-state index in [9.17, 15) is 4.79 Å². The molecule has 2 rings (SSSR count). The van der Waals surface area contributed by atoms with Crippen LogP contribution in [0.25, 0.3) is 17.4 Å². The molecule has 0 saturated carbocycles. The van der Waals surface area contributed by atoms with Gasteiger partial charge in [-0.05, 0) is 52.3 Å². The standard InChI is InChI=1S/C13H9BrClNO3/c14-11-7-8(15)1-4-10(11)12-5-2-9(19-12)3-6-13(17)16-18/h1-7,18H,(H,16,17)/b6-3+. The Balaban J connectivity index is 2.26. The van der Waals surface area contributed by atoms with Gasteiger partial charge in [0, 0.05) is 21.1 Å². The van der Waals surface area contributed by atoms with E-state index < -0.39 is 5.91 Å². The van der Waals surface area contributed by atoms with Crippen molar-refractivity contribution in [1.29, 1.82) is 0 Å². The van der Waals surface area contributed by atoms with Gasteiger partial charge in [0.05, 0.1) is 0 Å². The first-order chi connectivity index (χ1) is 9.10. The van der Waals surface area contributed by atoms with Gasteiger partial charge in [-0.15, -0.1) is 0 Å². The van der Waals surface area contributed by atoms with E-state index in [2.05, 4.69) is 15.9 Å². The van der Waals surface area contributed by atoms with Crippen LogP contribution < -0.4 is 5.48 Å². The molecule has 0 spiro atoms. The summed E-state index contributed by atoms with van der Waals surface area (Å²) >= 11 is 9.28. The number of benzene rings is 1. The highest BCUT2D eigenvalue weighted by Crippen LogP contribution is 2.31. The second-order valence-corrected chi connectivity index (χ2v) is 4.93. The lowest BCUT2D eigenvalue weighted by molar-refractivity contribution is -0.124. The summed E-state index contributed by atoms with van der Waals surface area (Å²) in [6.45, 7) is 0. The van der Waals surface area contributed by atoms with Crippen molar-refractivity contribution in [3.63, 3.8) is 0 Å². The average molecular weight is 343 g/mol. The van der Waals surface area contributed by atoms with E-state index in [1.54, 1.807) is 24.3 Å². The van der Waals surface area contributed by atoms with E-state index in [0.29, 0.717) is 16.5 Å². The lowest BCUT2D eigenvalue weighted by Gasteiger charge is -2.01. The number of hydrogen-bond donors (Lipinski definition) is 2. The molecule has 1 aromatic heterocycles. The number of nitrogens with one attached hydrogen (secondary N) is 1. The maximum absolute atomic E-state index is 10.8. The van der Waals surface area contributed by atoms with Crippen LogP contribution in [0.5, 0.6) is 0 Å². The van der Waals surface area contributed by atoms with Crippen LogP contribution >= 0.6 is 27.5 Å². The fourth-order valence-corrected chi connectivity index (χ4v) is 2.35. The molecular weight excluding hydrogens is 334 g/mol. The highest BCUT2D eigenvalue weighted by Gasteiger charge is 2.08. The zero-order valence-electron chi connectivity index (χ0n) is 9.56. The third-order valence-electron chi connectivity index (χ3n) is 2.33. The normalized spacial score (nSPS) is 10.9. The molecule has 2 N–H and O–H groups in total. The minimum atomic E-state index is -0.620. The van der Waals surface area contributed by atoms with Gasteiger partial charge in [-0.3, -0.25) is 10.0 Å². The molecule has 0 unspecified atom stereocenters. The van der Waals surface area contributed by atoms with Crippen LogP contribution in [-0.4, -0.2) is 11.1 Å². The Labute approximate surface area is 122 Å². The summed E-state index contributed by atoms with van der Waals surface area (Å²) in [6, 6.07) is 8.87. The molecule has 0 aliphatic carbocycles. The van der Waals surface area contributed by atoms with Gasteiger partial charge in [0.25, 0.3) is 5.91 Å². The first-order valence-corrected chi connectivity index (χ1v) is 6.44. The first-order valence-electron chi connectivity index (χ1n) is 5.27. The van der Waals surface area contributed by atoms with Gasteiger partial charge in [0.1, 0.15) is 11.5 Å². The molecule has 19 heavy (non-hydrogen) atoms. The lowest BCUT2D eigenvalue weighted by Crippen LogP contribution is -2.14. The number of rotatable bonds is 3. The number of halogens is 2. The molecule has 6 heteroatoms. The third kappa shape index (κ3) is 3.47. The van der Waals surface area contributed by atoms with Crippen molar-refractivity contribution in [2.45, 2.75) is 0 Å². The predicted octanol–water partition coefficient (Wildman–Crippen LogP) is 3.88. The van der Waals surface area contributed by atoms with Crippen LogP contribution in [-0.2, 0) is 4.79 Å². The van der Waals surface area contributed by atoms with Crippen LogP contribution in [0, 0.1) is 0 Å². The molecule has 0 radical (unpaired) electrons. The Kier molecular flexibility index (Phi) is 4.42. The Bertz CT molecular complexity index is 637. The van der Waals surface area contributed by atoms with Crippen molar-refractivity contribution < 1.29 is 14.4 Å². The summed E-state index contributed by atoms with van der Waals surface area (Å²) in [5.41, 5.74) is 2.36. The van der Waals surface area contributed by atoms with Crippen LogP contribution in [0.1, 0.15) is 5.76 Å². The van der Waals surface area contributed by atoms with Crippen LogP contribution in [0.4, 0.5) is 0 Å². The van der Waals surface area contributed by atoms with Gasteiger partial charge in [-0.1, -0.05) is 11.6 Å². The number of amides is 1. The number of hydroxylamine groups is 1. The number of carbonyl (C=O) groups excluding carboxylic acids is 1. The molecule has 0 bridgehead atoms. The highest BCUT2D eigenvalue weighted by atomic mass is 79.9. The largest absolute Gasteiger partial charge is 0.457 e. The molecule has 0 aliphatic heterocycles. The molecule has 1 amide bonds. The third-order valence-corrected chi connectivity index (χ3v) is 3.22. The van der Waals surface area contributed by atoms with Crippen molar-refractivity contribution in [3.05, 3.63) is 51.7 Å². The smallest absolute Gasteiger partial charge is 0.267 e. The molecule has 0 atom stereocenters. The van der Waals surface area contributed by atoms with Crippen molar-refractivity contribution in [2.24, 2.45) is 0 Å². The monoisotopic (exact) mass is 341 g/mol. The summed E-state index contributed by atoms with van der Waals surface area (Å²) in [6.07, 6.45) is 2.62. The van der Waals surface area contributed by atoms with Gasteiger partial charge in [0.2, 0.25) is 0 Å². The topological polar surface area (TPSA) is 62.5 Å². The number of carbonyl (C=O) groups is 1. The first kappa shape index (κ1) is 13.9. The minimum Gasteiger partial charge on any atom is -0.457 e. The van der Waals surface area contributed by atoms with E-state index in [-0.39, 0.29) is 0 Å². The number of furan rings is 1. The fraction of sp³-hybridized carbons (Fsp3) is 0. The summed E-state index contributed by atoms with van der Waals surface area (Å²) in [7, 11) is 0. The quantitative estimate of drug-likeness (QED) is 0.505. The van der Waals surface area contributed by atoms with Crippen molar-refractivity contribution in [2.75, 3.05) is 0 Å². The molecule has 0 fully saturated rings. The zero-order chi connectivity index (χ0) is 13.8. The maximum Gasteiger partial charge on any atom is 0.267 e. The summed E-state index contributed by atoms with van der Waals surface area (Å²) in [5.74, 6) is 0.527. The predicted molar refractivity (Wildman–Crippen MR) is 75.8 cm³/mol. The highest BCUT2D eigenvalue weighted by molar-refractivity contribution is 9.10. The average Bonchev–Trinajstić information content (AvgIpc) is 2.84. The lowest BCUT2D eigenvalue weighted by atomic mass is 10.2. The van der Waals surface area contributed by atoms with Crippen molar-refractivity contribution in [1.82, 2.24) is 5.48 Å². The van der Waals surface area contributed by atoms with E-state index in [1.807, 2.05) is 6.07 Å². The van der Waals surface area contributed by atoms with Crippen LogP contribution in [0.3, 0.4) is 0 Å². The molecule has 0 aliphatic rings. The molecule has 0 saturated heterocycles. The van der Waals surface area contributed by atoms with Gasteiger partial charge in [-0.25, -0.2) is 5.48 Å². The molecule has 1 aromatic carbocycles. The molecule has 1 heterocycles. The summed E-state index contributed by atoms with van der Waals surface area (Å²) in [4.78, 5) is 10.8. The van der Waals surface area contributed by atoms with Crippen molar-refractivity contribution >= 4 is 39.5 Å². The van der Waals surface area contributed by atoms with Gasteiger partial charge < -0.3 is 4.42 Å². The SMILES string of the molecule is O=C(/C=C/c1ccc(-c2ccc(Cl)cc2Br)o1)NO. The van der Waals surface area contributed by atoms with Gasteiger partial charge in [-0.2, -0.15) is 0 Å². The van der Waals surface area contributed by atoms with E-state index in [1.165, 1.54) is 17.6 Å².